The van der Waals surface area contributed by atoms with Crippen LogP contribution in [0.25, 0.3) is 0 Å². The Balaban J connectivity index is 2.07. The van der Waals surface area contributed by atoms with E-state index in [4.69, 9.17) is 5.73 Å². The number of hydrogen-bond acceptors (Lipinski definition) is 3. The highest BCUT2D eigenvalue weighted by Crippen LogP contribution is 2.29. The van der Waals surface area contributed by atoms with Crippen LogP contribution < -0.4 is 10.5 Å². The van der Waals surface area contributed by atoms with Crippen molar-refractivity contribution in [2.45, 2.75) is 30.6 Å². The predicted molar refractivity (Wildman–Crippen MR) is 75.7 cm³/mol. The van der Waals surface area contributed by atoms with Gasteiger partial charge < -0.3 is 5.73 Å². The van der Waals surface area contributed by atoms with E-state index in [1.54, 1.807) is 0 Å². The number of anilines is 1. The molecule has 19 heavy (non-hydrogen) atoms. The van der Waals surface area contributed by atoms with E-state index in [9.17, 15) is 12.8 Å². The van der Waals surface area contributed by atoms with Crippen molar-refractivity contribution in [1.29, 1.82) is 0 Å². The number of sulfonamides is 1. The highest BCUT2D eigenvalue weighted by Gasteiger charge is 2.21. The Labute approximate surface area is 120 Å². The van der Waals surface area contributed by atoms with Crippen molar-refractivity contribution in [1.82, 2.24) is 4.72 Å². The quantitative estimate of drug-likeness (QED) is 0.801. The molecule has 1 aliphatic rings. The molecule has 0 radical (unpaired) electrons. The number of hydrogen-bond donors (Lipinski definition) is 2. The van der Waals surface area contributed by atoms with Crippen LogP contribution in [0.1, 0.15) is 25.7 Å². The summed E-state index contributed by atoms with van der Waals surface area (Å²) < 4.78 is 40.1. The highest BCUT2D eigenvalue weighted by molar-refractivity contribution is 9.10. The standard InChI is InChI=1S/C12H16BrFN2O2S/c13-9-6-10(14)11(15)7-12(9)19(17,18)16-5-4-8-2-1-3-8/h6-8,16H,1-5,15H2. The molecule has 0 bridgehead atoms. The van der Waals surface area contributed by atoms with Crippen molar-refractivity contribution in [3.8, 4) is 0 Å². The molecule has 1 aliphatic carbocycles. The number of nitrogens with one attached hydrogen (secondary N) is 1. The second-order valence-electron chi connectivity index (χ2n) is 4.79. The van der Waals surface area contributed by atoms with Crippen molar-refractivity contribution in [2.75, 3.05) is 12.3 Å². The number of rotatable bonds is 5. The van der Waals surface area contributed by atoms with E-state index in [1.807, 2.05) is 0 Å². The minimum Gasteiger partial charge on any atom is -0.396 e. The minimum atomic E-state index is -3.65. The third kappa shape index (κ3) is 3.46. The Morgan fingerprint density at radius 3 is 2.68 bits per heavy atom. The average molecular weight is 351 g/mol. The van der Waals surface area contributed by atoms with Gasteiger partial charge in [0.15, 0.2) is 0 Å². The lowest BCUT2D eigenvalue weighted by molar-refractivity contribution is 0.297. The number of nitrogens with two attached hydrogens (primary N) is 1. The normalized spacial score (nSPS) is 16.3. The van der Waals surface area contributed by atoms with Crippen LogP contribution in [0.4, 0.5) is 10.1 Å². The summed E-state index contributed by atoms with van der Waals surface area (Å²) in [6.45, 7) is 0.400. The monoisotopic (exact) mass is 350 g/mol. The summed E-state index contributed by atoms with van der Waals surface area (Å²) in [5, 5.41) is 0. The van der Waals surface area contributed by atoms with Crippen LogP contribution in [0.3, 0.4) is 0 Å². The zero-order chi connectivity index (χ0) is 14.0. The molecule has 1 aromatic rings. The minimum absolute atomic E-state index is 0.0278. The first-order chi connectivity index (χ1) is 8.90. The molecule has 0 unspecified atom stereocenters. The summed E-state index contributed by atoms with van der Waals surface area (Å²) in [6.07, 6.45) is 4.43. The van der Waals surface area contributed by atoms with Crippen LogP contribution in [-0.2, 0) is 10.0 Å². The molecule has 2 rings (SSSR count). The summed E-state index contributed by atoms with van der Waals surface area (Å²) in [5.41, 5.74) is 5.23. The number of benzene rings is 1. The molecule has 0 heterocycles. The first-order valence-electron chi connectivity index (χ1n) is 6.14. The van der Waals surface area contributed by atoms with Gasteiger partial charge in [-0.05, 0) is 40.4 Å². The summed E-state index contributed by atoms with van der Waals surface area (Å²) in [7, 11) is -3.65. The number of halogens is 2. The van der Waals surface area contributed by atoms with Crippen LogP contribution in [-0.4, -0.2) is 15.0 Å². The smallest absolute Gasteiger partial charge is 0.241 e. The molecule has 3 N–H and O–H groups in total. The fraction of sp³-hybridized carbons (Fsp3) is 0.500. The van der Waals surface area contributed by atoms with Gasteiger partial charge in [-0.1, -0.05) is 19.3 Å². The lowest BCUT2D eigenvalue weighted by Gasteiger charge is -2.25. The highest BCUT2D eigenvalue weighted by atomic mass is 79.9. The van der Waals surface area contributed by atoms with Gasteiger partial charge in [-0.2, -0.15) is 0 Å². The van der Waals surface area contributed by atoms with E-state index >= 15 is 0 Å². The molecular formula is C12H16BrFN2O2S. The van der Waals surface area contributed by atoms with E-state index < -0.39 is 15.8 Å². The third-order valence-electron chi connectivity index (χ3n) is 3.41. The van der Waals surface area contributed by atoms with Gasteiger partial charge in [0.2, 0.25) is 10.0 Å². The largest absolute Gasteiger partial charge is 0.396 e. The maximum absolute atomic E-state index is 13.2. The van der Waals surface area contributed by atoms with Gasteiger partial charge >= 0.3 is 0 Å². The maximum atomic E-state index is 13.2. The van der Waals surface area contributed by atoms with Crippen molar-refractivity contribution in [3.63, 3.8) is 0 Å². The Hall–Kier alpha value is -0.660. The fourth-order valence-electron chi connectivity index (χ4n) is 2.01. The van der Waals surface area contributed by atoms with Crippen LogP contribution in [0, 0.1) is 11.7 Å². The molecule has 106 valence electrons. The molecule has 1 aromatic carbocycles. The average Bonchev–Trinajstić information content (AvgIpc) is 2.26. The molecule has 0 aliphatic heterocycles. The van der Waals surface area contributed by atoms with Gasteiger partial charge in [-0.15, -0.1) is 0 Å². The van der Waals surface area contributed by atoms with E-state index in [0.29, 0.717) is 12.5 Å². The maximum Gasteiger partial charge on any atom is 0.241 e. The Bertz CT molecular complexity index is 573. The number of nitrogen functional groups attached to an aromatic ring is 1. The Morgan fingerprint density at radius 2 is 2.11 bits per heavy atom. The summed E-state index contributed by atoms with van der Waals surface area (Å²) in [6, 6.07) is 2.20. The van der Waals surface area contributed by atoms with Gasteiger partial charge in [0.05, 0.1) is 10.6 Å². The molecule has 4 nitrogen and oxygen atoms in total. The van der Waals surface area contributed by atoms with E-state index in [1.165, 1.54) is 19.3 Å². The van der Waals surface area contributed by atoms with Crippen molar-refractivity contribution in [2.24, 2.45) is 5.92 Å². The predicted octanol–water partition coefficient (Wildman–Crippen LogP) is 2.64. The second-order valence-corrected chi connectivity index (χ2v) is 7.38. The molecule has 1 fully saturated rings. The summed E-state index contributed by atoms with van der Waals surface area (Å²) >= 11 is 3.05. The van der Waals surface area contributed by atoms with E-state index in [0.717, 1.165) is 18.6 Å². The van der Waals surface area contributed by atoms with E-state index in [2.05, 4.69) is 20.7 Å². The zero-order valence-electron chi connectivity index (χ0n) is 10.3. The molecule has 7 heteroatoms. The van der Waals surface area contributed by atoms with E-state index in [-0.39, 0.29) is 15.1 Å². The fourth-order valence-corrected chi connectivity index (χ4v) is 4.10. The van der Waals surface area contributed by atoms with Gasteiger partial charge in [0.25, 0.3) is 0 Å². The summed E-state index contributed by atoms with van der Waals surface area (Å²) in [4.78, 5) is -0.0278. The first-order valence-corrected chi connectivity index (χ1v) is 8.42. The molecular weight excluding hydrogens is 335 g/mol. The Kier molecular flexibility index (Phi) is 4.47. The topological polar surface area (TPSA) is 72.2 Å². The van der Waals surface area contributed by atoms with Crippen molar-refractivity contribution >= 4 is 31.6 Å². The molecule has 0 saturated heterocycles. The Morgan fingerprint density at radius 1 is 1.42 bits per heavy atom. The van der Waals surface area contributed by atoms with Gasteiger partial charge in [0.1, 0.15) is 5.82 Å². The third-order valence-corrected chi connectivity index (χ3v) is 5.83. The molecule has 1 saturated carbocycles. The molecule has 0 atom stereocenters. The molecule has 0 spiro atoms. The molecule has 0 amide bonds. The van der Waals surface area contributed by atoms with Gasteiger partial charge in [-0.3, -0.25) is 0 Å². The lowest BCUT2D eigenvalue weighted by atomic mass is 9.83. The van der Waals surface area contributed by atoms with Crippen molar-refractivity contribution < 1.29 is 12.8 Å². The SMILES string of the molecule is Nc1cc(S(=O)(=O)NCCC2CCC2)c(Br)cc1F. The van der Waals surface area contributed by atoms with Crippen LogP contribution in [0.5, 0.6) is 0 Å². The van der Waals surface area contributed by atoms with Crippen molar-refractivity contribution in [3.05, 3.63) is 22.4 Å². The zero-order valence-corrected chi connectivity index (χ0v) is 12.7. The first kappa shape index (κ1) is 14.7. The summed E-state index contributed by atoms with van der Waals surface area (Å²) in [5.74, 6) is -0.00952. The molecule has 0 aromatic heterocycles. The van der Waals surface area contributed by atoms with Gasteiger partial charge in [-0.25, -0.2) is 17.5 Å². The van der Waals surface area contributed by atoms with Crippen LogP contribution >= 0.6 is 15.9 Å². The van der Waals surface area contributed by atoms with Crippen LogP contribution in [0.2, 0.25) is 0 Å². The van der Waals surface area contributed by atoms with Gasteiger partial charge in [0, 0.05) is 11.0 Å². The van der Waals surface area contributed by atoms with Crippen LogP contribution in [0.15, 0.2) is 21.5 Å². The lowest BCUT2D eigenvalue weighted by Crippen LogP contribution is -2.28. The second kappa shape index (κ2) is 5.76.